The van der Waals surface area contributed by atoms with Crippen LogP contribution in [0.5, 0.6) is 0 Å². The number of allylic oxidation sites excluding steroid dienone is 1. The Kier molecular flexibility index (Phi) is 6.32. The topological polar surface area (TPSA) is 38.0 Å². The van der Waals surface area contributed by atoms with Crippen LogP contribution >= 0.6 is 11.8 Å². The lowest BCUT2D eigenvalue weighted by Crippen LogP contribution is -2.39. The van der Waals surface area contributed by atoms with Crippen LogP contribution in [0, 0.1) is 0 Å². The van der Waals surface area contributed by atoms with Crippen molar-refractivity contribution in [3.05, 3.63) is 11.6 Å². The molecule has 0 saturated carbocycles. The maximum absolute atomic E-state index is 5.58. The fourth-order valence-electron chi connectivity index (χ4n) is 1.79. The molecule has 0 heterocycles. The van der Waals surface area contributed by atoms with E-state index < -0.39 is 0 Å². The summed E-state index contributed by atoms with van der Waals surface area (Å²) in [6.07, 6.45) is 8.79. The molecule has 0 saturated heterocycles. The molecular formula is C11H22N2S. The zero-order valence-corrected chi connectivity index (χ0v) is 9.91. The first-order chi connectivity index (χ1) is 6.88. The standard InChI is InChI=1S/C11H22N2S/c1-2-8-14-9-11(13-12)10-6-4-3-5-7-10/h6,11,13H,2-5,7-9,12H2,1H3. The molecule has 0 aromatic carbocycles. The van der Waals surface area contributed by atoms with E-state index >= 15 is 0 Å². The Morgan fingerprint density at radius 3 is 3.00 bits per heavy atom. The first kappa shape index (κ1) is 12.1. The molecule has 1 aliphatic carbocycles. The lowest BCUT2D eigenvalue weighted by atomic mass is 9.95. The van der Waals surface area contributed by atoms with E-state index in [1.54, 1.807) is 0 Å². The Balaban J connectivity index is 2.32. The van der Waals surface area contributed by atoms with Gasteiger partial charge in [0.1, 0.15) is 0 Å². The van der Waals surface area contributed by atoms with Crippen LogP contribution in [-0.2, 0) is 0 Å². The SMILES string of the molecule is CCCSCC(NN)C1=CCCCC1. The molecule has 1 aliphatic rings. The molecule has 0 aromatic heterocycles. The lowest BCUT2D eigenvalue weighted by Gasteiger charge is -2.22. The molecule has 1 rings (SSSR count). The maximum atomic E-state index is 5.58. The van der Waals surface area contributed by atoms with E-state index in [0.717, 1.165) is 5.75 Å². The molecule has 3 N–H and O–H groups in total. The van der Waals surface area contributed by atoms with Gasteiger partial charge in [-0.25, -0.2) is 0 Å². The van der Waals surface area contributed by atoms with Crippen LogP contribution in [0.1, 0.15) is 39.0 Å². The van der Waals surface area contributed by atoms with Gasteiger partial charge in [-0.2, -0.15) is 11.8 Å². The summed E-state index contributed by atoms with van der Waals surface area (Å²) in [6.45, 7) is 2.22. The third-order valence-electron chi connectivity index (χ3n) is 2.61. The van der Waals surface area contributed by atoms with Gasteiger partial charge in [-0.3, -0.25) is 11.3 Å². The molecule has 14 heavy (non-hydrogen) atoms. The fourth-order valence-corrected chi connectivity index (χ4v) is 2.79. The number of rotatable bonds is 6. The van der Waals surface area contributed by atoms with Gasteiger partial charge in [-0.1, -0.05) is 18.6 Å². The second kappa shape index (κ2) is 7.32. The van der Waals surface area contributed by atoms with E-state index in [2.05, 4.69) is 18.4 Å². The second-order valence-electron chi connectivity index (χ2n) is 3.82. The summed E-state index contributed by atoms with van der Waals surface area (Å²) in [5.41, 5.74) is 4.47. The Morgan fingerprint density at radius 1 is 1.57 bits per heavy atom. The lowest BCUT2D eigenvalue weighted by molar-refractivity contribution is 0.582. The summed E-state index contributed by atoms with van der Waals surface area (Å²) in [5.74, 6) is 7.94. The van der Waals surface area contributed by atoms with Crippen molar-refractivity contribution in [1.82, 2.24) is 5.43 Å². The molecule has 1 unspecified atom stereocenters. The molecule has 3 heteroatoms. The Bertz CT molecular complexity index is 180. The Labute approximate surface area is 91.7 Å². The number of hydrogen-bond acceptors (Lipinski definition) is 3. The normalized spacial score (nSPS) is 19.1. The average Bonchev–Trinajstić information content (AvgIpc) is 2.26. The minimum absolute atomic E-state index is 0.409. The highest BCUT2D eigenvalue weighted by molar-refractivity contribution is 7.99. The zero-order valence-electron chi connectivity index (χ0n) is 9.09. The minimum atomic E-state index is 0.409. The van der Waals surface area contributed by atoms with Crippen LogP contribution in [0.15, 0.2) is 11.6 Å². The predicted octanol–water partition coefficient (Wildman–Crippen LogP) is 2.46. The summed E-state index contributed by atoms with van der Waals surface area (Å²) in [6, 6.07) is 0.409. The van der Waals surface area contributed by atoms with E-state index in [1.807, 2.05) is 11.8 Å². The molecule has 1 atom stereocenters. The van der Waals surface area contributed by atoms with E-state index in [1.165, 1.54) is 43.4 Å². The third kappa shape index (κ3) is 4.03. The molecule has 0 aromatic rings. The van der Waals surface area contributed by atoms with Crippen molar-refractivity contribution in [3.63, 3.8) is 0 Å². The van der Waals surface area contributed by atoms with Crippen LogP contribution < -0.4 is 11.3 Å². The molecule has 0 amide bonds. The largest absolute Gasteiger partial charge is 0.271 e. The Morgan fingerprint density at radius 2 is 2.43 bits per heavy atom. The smallest absolute Gasteiger partial charge is 0.0510 e. The van der Waals surface area contributed by atoms with Gasteiger partial charge < -0.3 is 0 Å². The van der Waals surface area contributed by atoms with E-state index in [9.17, 15) is 0 Å². The highest BCUT2D eigenvalue weighted by Gasteiger charge is 2.14. The number of nitrogens with two attached hydrogens (primary N) is 1. The molecule has 0 bridgehead atoms. The van der Waals surface area contributed by atoms with Crippen molar-refractivity contribution in [2.24, 2.45) is 5.84 Å². The molecule has 0 fully saturated rings. The van der Waals surface area contributed by atoms with Gasteiger partial charge in [0.15, 0.2) is 0 Å². The average molecular weight is 214 g/mol. The van der Waals surface area contributed by atoms with Gasteiger partial charge in [0.2, 0.25) is 0 Å². The van der Waals surface area contributed by atoms with Gasteiger partial charge in [-0.05, 0) is 37.9 Å². The number of hydrogen-bond donors (Lipinski definition) is 2. The van der Waals surface area contributed by atoms with Crippen molar-refractivity contribution in [1.29, 1.82) is 0 Å². The van der Waals surface area contributed by atoms with E-state index in [-0.39, 0.29) is 0 Å². The minimum Gasteiger partial charge on any atom is -0.271 e. The fraction of sp³-hybridized carbons (Fsp3) is 0.818. The van der Waals surface area contributed by atoms with Gasteiger partial charge in [0.05, 0.1) is 6.04 Å². The molecular weight excluding hydrogens is 192 g/mol. The van der Waals surface area contributed by atoms with Crippen LogP contribution in [0.4, 0.5) is 0 Å². The van der Waals surface area contributed by atoms with E-state index in [0.29, 0.717) is 6.04 Å². The molecule has 0 aliphatic heterocycles. The Hall–Kier alpha value is 0.0100. The van der Waals surface area contributed by atoms with E-state index in [4.69, 9.17) is 5.84 Å². The monoisotopic (exact) mass is 214 g/mol. The predicted molar refractivity (Wildman–Crippen MR) is 65.3 cm³/mol. The highest BCUT2D eigenvalue weighted by Crippen LogP contribution is 2.22. The quantitative estimate of drug-likeness (QED) is 0.309. The zero-order chi connectivity index (χ0) is 10.2. The van der Waals surface area contributed by atoms with Crippen molar-refractivity contribution in [2.45, 2.75) is 45.1 Å². The summed E-state index contributed by atoms with van der Waals surface area (Å²) < 4.78 is 0. The van der Waals surface area contributed by atoms with Gasteiger partial charge in [0.25, 0.3) is 0 Å². The van der Waals surface area contributed by atoms with Crippen LogP contribution in [0.3, 0.4) is 0 Å². The van der Waals surface area contributed by atoms with Crippen molar-refractivity contribution >= 4 is 11.8 Å². The van der Waals surface area contributed by atoms with Gasteiger partial charge in [0, 0.05) is 5.75 Å². The number of hydrazine groups is 1. The molecule has 0 spiro atoms. The van der Waals surface area contributed by atoms with Crippen LogP contribution in [0.2, 0.25) is 0 Å². The van der Waals surface area contributed by atoms with Crippen LogP contribution in [0.25, 0.3) is 0 Å². The van der Waals surface area contributed by atoms with Crippen molar-refractivity contribution < 1.29 is 0 Å². The molecule has 0 radical (unpaired) electrons. The molecule has 2 nitrogen and oxygen atoms in total. The maximum Gasteiger partial charge on any atom is 0.0510 e. The summed E-state index contributed by atoms with van der Waals surface area (Å²) >= 11 is 2.00. The highest BCUT2D eigenvalue weighted by atomic mass is 32.2. The first-order valence-electron chi connectivity index (χ1n) is 5.61. The third-order valence-corrected chi connectivity index (χ3v) is 3.87. The van der Waals surface area contributed by atoms with Crippen molar-refractivity contribution in [2.75, 3.05) is 11.5 Å². The van der Waals surface area contributed by atoms with Gasteiger partial charge in [-0.15, -0.1) is 0 Å². The first-order valence-corrected chi connectivity index (χ1v) is 6.76. The molecule has 82 valence electrons. The number of nitrogens with one attached hydrogen (secondary N) is 1. The van der Waals surface area contributed by atoms with Crippen LogP contribution in [-0.4, -0.2) is 17.5 Å². The second-order valence-corrected chi connectivity index (χ2v) is 4.97. The summed E-state index contributed by atoms with van der Waals surface area (Å²) in [4.78, 5) is 0. The summed E-state index contributed by atoms with van der Waals surface area (Å²) in [5, 5.41) is 0. The summed E-state index contributed by atoms with van der Waals surface area (Å²) in [7, 11) is 0. The number of thioether (sulfide) groups is 1. The van der Waals surface area contributed by atoms with Gasteiger partial charge >= 0.3 is 0 Å². The van der Waals surface area contributed by atoms with Crippen molar-refractivity contribution in [3.8, 4) is 0 Å².